The highest BCUT2D eigenvalue weighted by atomic mass is 79.9. The molecular weight excluding hydrogens is 265 g/mol. The molecule has 0 fully saturated rings. The number of hydrogen-bond acceptors (Lipinski definition) is 3. The zero-order valence-electron chi connectivity index (χ0n) is 8.37. The smallest absolute Gasteiger partial charge is 0.165 e. The van der Waals surface area contributed by atoms with Crippen LogP contribution >= 0.6 is 15.9 Å². The van der Waals surface area contributed by atoms with Crippen LogP contribution in [0.3, 0.4) is 0 Å². The van der Waals surface area contributed by atoms with Crippen molar-refractivity contribution in [3.63, 3.8) is 0 Å². The van der Waals surface area contributed by atoms with E-state index in [0.29, 0.717) is 6.61 Å². The predicted molar refractivity (Wildman–Crippen MR) is 59.4 cm³/mol. The van der Waals surface area contributed by atoms with Crippen molar-refractivity contribution in [1.82, 2.24) is 0 Å². The summed E-state index contributed by atoms with van der Waals surface area (Å²) in [5.74, 6) is -0.232. The Labute approximate surface area is 96.5 Å². The summed E-state index contributed by atoms with van der Waals surface area (Å²) >= 11 is 3.24. The lowest BCUT2D eigenvalue weighted by Crippen LogP contribution is -2.31. The molecule has 0 radical (unpaired) electrons. The van der Waals surface area contributed by atoms with E-state index in [1.807, 2.05) is 0 Å². The molecule has 0 saturated carbocycles. The Morgan fingerprint density at radius 3 is 2.87 bits per heavy atom. The number of methoxy groups -OCH3 is 1. The molecular formula is C10H13BrFNO2. The van der Waals surface area contributed by atoms with Crippen LogP contribution in [0.25, 0.3) is 0 Å². The Morgan fingerprint density at radius 2 is 2.27 bits per heavy atom. The van der Waals surface area contributed by atoms with E-state index < -0.39 is 5.82 Å². The Balaban J connectivity index is 2.73. The van der Waals surface area contributed by atoms with Crippen molar-refractivity contribution >= 4 is 15.9 Å². The molecule has 0 heterocycles. The third kappa shape index (κ3) is 3.77. The molecule has 0 saturated heterocycles. The topological polar surface area (TPSA) is 44.5 Å². The second-order valence-electron chi connectivity index (χ2n) is 3.01. The van der Waals surface area contributed by atoms with Gasteiger partial charge in [0.05, 0.1) is 6.61 Å². The number of nitrogens with two attached hydrogens (primary N) is 1. The fourth-order valence-corrected chi connectivity index (χ4v) is 1.42. The van der Waals surface area contributed by atoms with Crippen LogP contribution in [-0.2, 0) is 4.74 Å². The van der Waals surface area contributed by atoms with Crippen LogP contribution in [0.1, 0.15) is 0 Å². The largest absolute Gasteiger partial charge is 0.484 e. The highest BCUT2D eigenvalue weighted by molar-refractivity contribution is 9.10. The molecule has 0 amide bonds. The molecule has 3 nitrogen and oxygen atoms in total. The molecule has 0 bridgehead atoms. The van der Waals surface area contributed by atoms with Gasteiger partial charge in [-0.2, -0.15) is 0 Å². The summed E-state index contributed by atoms with van der Waals surface area (Å²) in [5.41, 5.74) is 5.46. The first-order valence-electron chi connectivity index (χ1n) is 4.48. The van der Waals surface area contributed by atoms with Crippen molar-refractivity contribution in [1.29, 1.82) is 0 Å². The van der Waals surface area contributed by atoms with Crippen LogP contribution in [0, 0.1) is 5.82 Å². The normalized spacial score (nSPS) is 12.5. The van der Waals surface area contributed by atoms with Gasteiger partial charge in [-0.1, -0.05) is 15.9 Å². The molecule has 5 heteroatoms. The number of benzene rings is 1. The zero-order chi connectivity index (χ0) is 11.3. The second-order valence-corrected chi connectivity index (χ2v) is 3.92. The van der Waals surface area contributed by atoms with E-state index >= 15 is 0 Å². The van der Waals surface area contributed by atoms with Crippen molar-refractivity contribution in [2.75, 3.05) is 20.3 Å². The molecule has 1 aromatic rings. The van der Waals surface area contributed by atoms with Gasteiger partial charge >= 0.3 is 0 Å². The molecule has 2 N–H and O–H groups in total. The van der Waals surface area contributed by atoms with Crippen LogP contribution in [0.2, 0.25) is 0 Å². The maximum atomic E-state index is 13.3. The molecule has 0 aliphatic carbocycles. The monoisotopic (exact) mass is 277 g/mol. The fraction of sp³-hybridized carbons (Fsp3) is 0.400. The molecule has 1 unspecified atom stereocenters. The first kappa shape index (κ1) is 12.4. The Hall–Kier alpha value is -0.650. The van der Waals surface area contributed by atoms with Gasteiger partial charge in [-0.05, 0) is 18.2 Å². The summed E-state index contributed by atoms with van der Waals surface area (Å²) in [6.07, 6.45) is -0.334. The maximum Gasteiger partial charge on any atom is 0.165 e. The molecule has 1 aromatic carbocycles. The summed E-state index contributed by atoms with van der Waals surface area (Å²) in [6.45, 7) is 0.613. The molecule has 1 rings (SSSR count). The Morgan fingerprint density at radius 1 is 1.53 bits per heavy atom. The highest BCUT2D eigenvalue weighted by Crippen LogP contribution is 2.23. The quantitative estimate of drug-likeness (QED) is 0.895. The SMILES string of the molecule is COCC(CN)Oc1cc(Br)ccc1F. The van der Waals surface area contributed by atoms with Crippen molar-refractivity contribution in [2.24, 2.45) is 5.73 Å². The van der Waals surface area contributed by atoms with Crippen LogP contribution in [0.4, 0.5) is 4.39 Å². The number of halogens is 2. The van der Waals surface area contributed by atoms with E-state index in [4.69, 9.17) is 15.2 Å². The average Bonchev–Trinajstić information content (AvgIpc) is 2.22. The summed E-state index contributed by atoms with van der Waals surface area (Å²) in [7, 11) is 1.54. The third-order valence-corrected chi connectivity index (χ3v) is 2.30. The number of rotatable bonds is 5. The maximum absolute atomic E-state index is 13.3. The van der Waals surface area contributed by atoms with Crippen LogP contribution in [0.5, 0.6) is 5.75 Å². The summed E-state index contributed by atoms with van der Waals surface area (Å²) in [6, 6.07) is 4.50. The van der Waals surface area contributed by atoms with Crippen LogP contribution in [0.15, 0.2) is 22.7 Å². The van der Waals surface area contributed by atoms with E-state index in [1.165, 1.54) is 6.07 Å². The van der Waals surface area contributed by atoms with E-state index in [9.17, 15) is 4.39 Å². The zero-order valence-corrected chi connectivity index (χ0v) is 9.96. The van der Waals surface area contributed by atoms with Crippen molar-refractivity contribution in [3.05, 3.63) is 28.5 Å². The summed E-state index contributed by atoms with van der Waals surface area (Å²) < 4.78 is 24.3. The minimum atomic E-state index is -0.409. The molecule has 0 aromatic heterocycles. The average molecular weight is 278 g/mol. The first-order chi connectivity index (χ1) is 7.17. The molecule has 0 spiro atoms. The lowest BCUT2D eigenvalue weighted by molar-refractivity contribution is 0.0832. The fourth-order valence-electron chi connectivity index (χ4n) is 1.08. The molecule has 84 valence electrons. The minimum absolute atomic E-state index is 0.178. The van der Waals surface area contributed by atoms with Crippen molar-refractivity contribution < 1.29 is 13.9 Å². The van der Waals surface area contributed by atoms with Gasteiger partial charge in [0, 0.05) is 18.1 Å². The van der Waals surface area contributed by atoms with Gasteiger partial charge in [0.1, 0.15) is 6.10 Å². The third-order valence-electron chi connectivity index (χ3n) is 1.80. The number of ether oxygens (including phenoxy) is 2. The van der Waals surface area contributed by atoms with Gasteiger partial charge in [-0.25, -0.2) is 4.39 Å². The van der Waals surface area contributed by atoms with Crippen molar-refractivity contribution in [3.8, 4) is 5.75 Å². The van der Waals surface area contributed by atoms with Gasteiger partial charge in [-0.3, -0.25) is 0 Å². The number of hydrogen-bond donors (Lipinski definition) is 1. The Kier molecular flexibility index (Phi) is 5.01. The minimum Gasteiger partial charge on any atom is -0.484 e. The molecule has 15 heavy (non-hydrogen) atoms. The van der Waals surface area contributed by atoms with Gasteiger partial charge < -0.3 is 15.2 Å². The van der Waals surface area contributed by atoms with Gasteiger partial charge in [0.2, 0.25) is 0 Å². The Bertz CT molecular complexity index is 322. The molecule has 1 atom stereocenters. The molecule has 0 aliphatic rings. The molecule has 0 aliphatic heterocycles. The lowest BCUT2D eigenvalue weighted by atomic mass is 10.3. The second kappa shape index (κ2) is 6.05. The van der Waals surface area contributed by atoms with Crippen LogP contribution < -0.4 is 10.5 Å². The van der Waals surface area contributed by atoms with Crippen LogP contribution in [-0.4, -0.2) is 26.4 Å². The standard InChI is InChI=1S/C10H13BrFNO2/c1-14-6-8(5-13)15-10-4-7(11)2-3-9(10)12/h2-4,8H,5-6,13H2,1H3. The van der Waals surface area contributed by atoms with Gasteiger partial charge in [0.15, 0.2) is 11.6 Å². The highest BCUT2D eigenvalue weighted by Gasteiger charge is 2.11. The van der Waals surface area contributed by atoms with E-state index in [2.05, 4.69) is 15.9 Å². The van der Waals surface area contributed by atoms with Gasteiger partial charge in [0.25, 0.3) is 0 Å². The summed E-state index contributed by atoms with van der Waals surface area (Å²) in [4.78, 5) is 0. The van der Waals surface area contributed by atoms with E-state index in [1.54, 1.807) is 19.2 Å². The van der Waals surface area contributed by atoms with Gasteiger partial charge in [-0.15, -0.1) is 0 Å². The van der Waals surface area contributed by atoms with Crippen molar-refractivity contribution in [2.45, 2.75) is 6.10 Å². The van der Waals surface area contributed by atoms with E-state index in [0.717, 1.165) is 4.47 Å². The first-order valence-corrected chi connectivity index (χ1v) is 5.27. The summed E-state index contributed by atoms with van der Waals surface area (Å²) in [5, 5.41) is 0. The predicted octanol–water partition coefficient (Wildman–Crippen LogP) is 1.94. The van der Waals surface area contributed by atoms with E-state index in [-0.39, 0.29) is 18.4 Å². The lowest BCUT2D eigenvalue weighted by Gasteiger charge is -2.16.